The number of aromatic nitrogens is 2. The van der Waals surface area contributed by atoms with E-state index in [-0.39, 0.29) is 18.0 Å². The summed E-state index contributed by atoms with van der Waals surface area (Å²) in [5.74, 6) is 0.180. The van der Waals surface area contributed by atoms with Gasteiger partial charge in [-0.1, -0.05) is 6.08 Å². The third-order valence-corrected chi connectivity index (χ3v) is 4.75. The van der Waals surface area contributed by atoms with E-state index < -0.39 is 0 Å². The summed E-state index contributed by atoms with van der Waals surface area (Å²) < 4.78 is 7.34. The van der Waals surface area contributed by atoms with Crippen LogP contribution in [0.25, 0.3) is 0 Å². The van der Waals surface area contributed by atoms with E-state index >= 15 is 0 Å². The summed E-state index contributed by atoms with van der Waals surface area (Å²) in [5, 5.41) is 7.87. The third-order valence-electron chi connectivity index (χ3n) is 4.75. The Morgan fingerprint density at radius 3 is 2.91 bits per heavy atom. The molecule has 2 atom stereocenters. The Kier molecular flexibility index (Phi) is 4.31. The van der Waals surface area contributed by atoms with Gasteiger partial charge in [0.1, 0.15) is 0 Å². The maximum atomic E-state index is 12.2. The summed E-state index contributed by atoms with van der Waals surface area (Å²) in [5.41, 5.74) is 3.51. The predicted octanol–water partition coefficient (Wildman–Crippen LogP) is 0.937. The SMILES string of the molecule is Cc1c([C@H]2[C@H](NCC3=CCCOC3)CC(=O)N2C)cnn1C. The molecule has 120 valence electrons. The highest BCUT2D eigenvalue weighted by Crippen LogP contribution is 2.33. The van der Waals surface area contributed by atoms with E-state index in [1.54, 1.807) is 0 Å². The van der Waals surface area contributed by atoms with E-state index in [0.29, 0.717) is 13.0 Å². The van der Waals surface area contributed by atoms with E-state index in [1.165, 1.54) is 5.57 Å². The second kappa shape index (κ2) is 6.22. The number of likely N-dealkylation sites (tertiary alicyclic amines) is 1. The van der Waals surface area contributed by atoms with E-state index in [4.69, 9.17) is 4.74 Å². The fourth-order valence-electron chi connectivity index (χ4n) is 3.28. The number of nitrogens with zero attached hydrogens (tertiary/aromatic N) is 3. The van der Waals surface area contributed by atoms with Gasteiger partial charge in [0.2, 0.25) is 5.91 Å². The molecule has 3 heterocycles. The van der Waals surface area contributed by atoms with Gasteiger partial charge >= 0.3 is 0 Å². The van der Waals surface area contributed by atoms with Gasteiger partial charge in [-0.05, 0) is 18.9 Å². The lowest BCUT2D eigenvalue weighted by molar-refractivity contribution is -0.127. The molecule has 6 heteroatoms. The third kappa shape index (κ3) is 2.80. The minimum absolute atomic E-state index is 0.0475. The van der Waals surface area contributed by atoms with Gasteiger partial charge < -0.3 is 15.0 Å². The molecule has 6 nitrogen and oxygen atoms in total. The van der Waals surface area contributed by atoms with E-state index in [9.17, 15) is 4.79 Å². The predicted molar refractivity (Wildman–Crippen MR) is 83.4 cm³/mol. The first-order valence-corrected chi connectivity index (χ1v) is 7.81. The van der Waals surface area contributed by atoms with Crippen molar-refractivity contribution >= 4 is 5.91 Å². The van der Waals surface area contributed by atoms with Crippen LogP contribution in [0.3, 0.4) is 0 Å². The highest BCUT2D eigenvalue weighted by Gasteiger charge is 2.39. The lowest BCUT2D eigenvalue weighted by atomic mass is 10.0. The van der Waals surface area contributed by atoms with Gasteiger partial charge in [-0.3, -0.25) is 9.48 Å². The van der Waals surface area contributed by atoms with Crippen molar-refractivity contribution in [2.45, 2.75) is 31.8 Å². The van der Waals surface area contributed by atoms with Crippen LogP contribution in [0.5, 0.6) is 0 Å². The summed E-state index contributed by atoms with van der Waals surface area (Å²) in [6.07, 6.45) is 5.63. The highest BCUT2D eigenvalue weighted by molar-refractivity contribution is 5.80. The lowest BCUT2D eigenvalue weighted by Gasteiger charge is -2.26. The van der Waals surface area contributed by atoms with Crippen LogP contribution in [-0.2, 0) is 16.6 Å². The van der Waals surface area contributed by atoms with Gasteiger partial charge in [0.15, 0.2) is 0 Å². The standard InChI is InChI=1S/C16H24N4O2/c1-11-13(9-18-20(11)3)16-14(7-15(21)19(16)2)17-8-12-5-4-6-22-10-12/h5,9,14,16-17H,4,6-8,10H2,1-3H3/t14-,16+/m1/s1. The van der Waals surface area contributed by atoms with Crippen molar-refractivity contribution in [3.63, 3.8) is 0 Å². The molecule has 0 aliphatic carbocycles. The van der Waals surface area contributed by atoms with Crippen LogP contribution in [0, 0.1) is 6.92 Å². The fraction of sp³-hybridized carbons (Fsp3) is 0.625. The molecule has 1 fully saturated rings. The van der Waals surface area contributed by atoms with Gasteiger partial charge in [0.25, 0.3) is 0 Å². The zero-order valence-corrected chi connectivity index (χ0v) is 13.5. The number of ether oxygens (including phenoxy) is 1. The first-order chi connectivity index (χ1) is 10.6. The Balaban J connectivity index is 1.75. The zero-order chi connectivity index (χ0) is 15.7. The molecule has 0 radical (unpaired) electrons. The molecule has 0 unspecified atom stereocenters. The van der Waals surface area contributed by atoms with Gasteiger partial charge in [0, 0.05) is 44.4 Å². The molecule has 0 bridgehead atoms. The number of aryl methyl sites for hydroxylation is 1. The molecule has 0 spiro atoms. The molecule has 1 aromatic rings. The summed E-state index contributed by atoms with van der Waals surface area (Å²) in [6, 6.07) is 0.162. The average molecular weight is 304 g/mol. The zero-order valence-electron chi connectivity index (χ0n) is 13.5. The summed E-state index contributed by atoms with van der Waals surface area (Å²) in [4.78, 5) is 14.0. The van der Waals surface area contributed by atoms with Crippen molar-refractivity contribution in [3.8, 4) is 0 Å². The molecule has 0 saturated carbocycles. The molecule has 1 N–H and O–H groups in total. The number of nitrogens with one attached hydrogen (secondary N) is 1. The normalized spacial score (nSPS) is 25.7. The molecular weight excluding hydrogens is 280 g/mol. The van der Waals surface area contributed by atoms with Gasteiger partial charge in [-0.25, -0.2) is 0 Å². The number of amides is 1. The first-order valence-electron chi connectivity index (χ1n) is 7.81. The van der Waals surface area contributed by atoms with Crippen molar-refractivity contribution in [1.82, 2.24) is 20.0 Å². The minimum Gasteiger partial charge on any atom is -0.377 e. The highest BCUT2D eigenvalue weighted by atomic mass is 16.5. The number of carbonyl (C=O) groups excluding carboxylic acids is 1. The minimum atomic E-state index is 0.0475. The Labute approximate surface area is 131 Å². The lowest BCUT2D eigenvalue weighted by Crippen LogP contribution is -2.37. The van der Waals surface area contributed by atoms with Crippen LogP contribution in [0.1, 0.15) is 30.1 Å². The van der Waals surface area contributed by atoms with Crippen molar-refractivity contribution in [2.75, 3.05) is 26.8 Å². The van der Waals surface area contributed by atoms with Crippen LogP contribution >= 0.6 is 0 Å². The Hall–Kier alpha value is -1.66. The molecule has 2 aliphatic rings. The maximum absolute atomic E-state index is 12.2. The van der Waals surface area contributed by atoms with Crippen molar-refractivity contribution in [3.05, 3.63) is 29.1 Å². The van der Waals surface area contributed by atoms with Gasteiger partial charge in [-0.15, -0.1) is 0 Å². The van der Waals surface area contributed by atoms with Crippen molar-refractivity contribution < 1.29 is 9.53 Å². The Bertz CT molecular complexity index is 593. The van der Waals surface area contributed by atoms with Crippen LogP contribution in [0.15, 0.2) is 17.8 Å². The quantitative estimate of drug-likeness (QED) is 0.841. The molecule has 1 amide bonds. The van der Waals surface area contributed by atoms with E-state index in [1.807, 2.05) is 36.8 Å². The fourth-order valence-corrected chi connectivity index (χ4v) is 3.28. The number of hydrogen-bond acceptors (Lipinski definition) is 4. The topological polar surface area (TPSA) is 59.4 Å². The monoisotopic (exact) mass is 304 g/mol. The molecule has 3 rings (SSSR count). The van der Waals surface area contributed by atoms with Crippen molar-refractivity contribution in [2.24, 2.45) is 7.05 Å². The summed E-state index contributed by atoms with van der Waals surface area (Å²) >= 11 is 0. The van der Waals surface area contributed by atoms with Crippen LogP contribution < -0.4 is 5.32 Å². The van der Waals surface area contributed by atoms with E-state index in [0.717, 1.165) is 30.8 Å². The largest absolute Gasteiger partial charge is 0.377 e. The summed E-state index contributed by atoms with van der Waals surface area (Å²) in [7, 11) is 3.81. The molecule has 1 saturated heterocycles. The molecule has 22 heavy (non-hydrogen) atoms. The second-order valence-electron chi connectivity index (χ2n) is 6.15. The Morgan fingerprint density at radius 1 is 1.45 bits per heavy atom. The first kappa shape index (κ1) is 15.2. The smallest absolute Gasteiger partial charge is 0.224 e. The van der Waals surface area contributed by atoms with E-state index in [2.05, 4.69) is 16.5 Å². The van der Waals surface area contributed by atoms with Gasteiger partial charge in [0.05, 0.1) is 25.5 Å². The Morgan fingerprint density at radius 2 is 2.27 bits per heavy atom. The van der Waals surface area contributed by atoms with Crippen LogP contribution in [0.4, 0.5) is 0 Å². The number of hydrogen-bond donors (Lipinski definition) is 1. The van der Waals surface area contributed by atoms with Crippen LogP contribution in [0.2, 0.25) is 0 Å². The van der Waals surface area contributed by atoms with Gasteiger partial charge in [-0.2, -0.15) is 5.10 Å². The maximum Gasteiger partial charge on any atom is 0.224 e. The van der Waals surface area contributed by atoms with Crippen LogP contribution in [-0.4, -0.2) is 53.4 Å². The van der Waals surface area contributed by atoms with Crippen molar-refractivity contribution in [1.29, 1.82) is 0 Å². The molecule has 2 aliphatic heterocycles. The average Bonchev–Trinajstić information content (AvgIpc) is 2.99. The molecule has 1 aromatic heterocycles. The second-order valence-corrected chi connectivity index (χ2v) is 6.15. The molecular formula is C16H24N4O2. The summed E-state index contributed by atoms with van der Waals surface area (Å²) in [6.45, 7) is 4.33. The molecule has 0 aromatic carbocycles. The number of rotatable bonds is 4. The number of carbonyl (C=O) groups is 1. The number of likely N-dealkylation sites (N-methyl/N-ethyl adjacent to an activating group) is 1.